The van der Waals surface area contributed by atoms with E-state index in [0.717, 1.165) is 48.9 Å². The molecule has 2 aromatic rings. The molecule has 1 atom stereocenters. The maximum atomic E-state index is 12.3. The van der Waals surface area contributed by atoms with Gasteiger partial charge in [-0.25, -0.2) is 0 Å². The van der Waals surface area contributed by atoms with Crippen LogP contribution >= 0.6 is 11.6 Å². The monoisotopic (exact) mass is 426 g/mol. The topological polar surface area (TPSA) is 32.8 Å². The highest BCUT2D eigenvalue weighted by Gasteiger charge is 2.23. The van der Waals surface area contributed by atoms with E-state index < -0.39 is 0 Å². The van der Waals surface area contributed by atoms with Crippen LogP contribution in [0, 0.1) is 6.92 Å². The first-order chi connectivity index (χ1) is 14.4. The molecule has 160 valence electrons. The van der Waals surface area contributed by atoms with Crippen molar-refractivity contribution in [2.24, 2.45) is 0 Å². The highest BCUT2D eigenvalue weighted by molar-refractivity contribution is 6.30. The van der Waals surface area contributed by atoms with Gasteiger partial charge in [-0.3, -0.25) is 9.69 Å². The number of nitrogens with zero attached hydrogens (tertiary/aromatic N) is 2. The van der Waals surface area contributed by atoms with Crippen molar-refractivity contribution in [3.8, 4) is 0 Å². The summed E-state index contributed by atoms with van der Waals surface area (Å²) in [6, 6.07) is 16.3. The summed E-state index contributed by atoms with van der Waals surface area (Å²) >= 11 is 6.09. The van der Waals surface area contributed by atoms with Crippen molar-refractivity contribution in [1.82, 2.24) is 9.80 Å². The predicted molar refractivity (Wildman–Crippen MR) is 123 cm³/mol. The van der Waals surface area contributed by atoms with Crippen LogP contribution in [-0.4, -0.2) is 48.4 Å². The Morgan fingerprint density at radius 1 is 1.10 bits per heavy atom. The lowest BCUT2D eigenvalue weighted by Crippen LogP contribution is -2.49. The molecule has 2 aromatic carbocycles. The third-order valence-corrected chi connectivity index (χ3v) is 5.55. The number of amides is 1. The summed E-state index contributed by atoms with van der Waals surface area (Å²) in [7, 11) is 0. The Labute approximate surface area is 185 Å². The van der Waals surface area contributed by atoms with E-state index in [1.807, 2.05) is 43.0 Å². The Bertz CT molecular complexity index is 867. The molecule has 1 heterocycles. The maximum absolute atomic E-state index is 12.3. The molecule has 0 bridgehead atoms. The van der Waals surface area contributed by atoms with Crippen LogP contribution in [0.5, 0.6) is 0 Å². The highest BCUT2D eigenvalue weighted by Crippen LogP contribution is 2.23. The Hall–Kier alpha value is -2.14. The number of piperazine rings is 1. The second kappa shape index (κ2) is 10.8. The van der Waals surface area contributed by atoms with Crippen LogP contribution in [0.2, 0.25) is 5.02 Å². The van der Waals surface area contributed by atoms with E-state index in [2.05, 4.69) is 36.1 Å². The van der Waals surface area contributed by atoms with Gasteiger partial charge in [0.25, 0.3) is 0 Å². The minimum absolute atomic E-state index is 0.0530. The van der Waals surface area contributed by atoms with E-state index in [1.165, 1.54) is 11.1 Å². The molecule has 30 heavy (non-hydrogen) atoms. The van der Waals surface area contributed by atoms with Gasteiger partial charge in [0, 0.05) is 43.8 Å². The molecule has 1 aliphatic rings. The van der Waals surface area contributed by atoms with Crippen LogP contribution < -0.4 is 0 Å². The first-order valence-corrected chi connectivity index (χ1v) is 10.9. The van der Waals surface area contributed by atoms with Crippen molar-refractivity contribution in [3.05, 3.63) is 81.9 Å². The Morgan fingerprint density at radius 3 is 2.43 bits per heavy atom. The van der Waals surface area contributed by atoms with Gasteiger partial charge >= 0.3 is 0 Å². The van der Waals surface area contributed by atoms with Crippen LogP contribution in [0.15, 0.2) is 60.2 Å². The van der Waals surface area contributed by atoms with Crippen molar-refractivity contribution < 1.29 is 9.53 Å². The molecule has 0 aliphatic carbocycles. The van der Waals surface area contributed by atoms with E-state index in [-0.39, 0.29) is 12.0 Å². The van der Waals surface area contributed by atoms with Gasteiger partial charge in [-0.1, -0.05) is 59.1 Å². The SMILES string of the molecule is CC(C)=CC(=O)N1CCN(C[C@@H](OCc2cccc(C)c2)c2ccc(Cl)cc2)CC1. The number of aryl methyl sites for hydroxylation is 1. The Morgan fingerprint density at radius 2 is 1.80 bits per heavy atom. The largest absolute Gasteiger partial charge is 0.368 e. The number of allylic oxidation sites excluding steroid dienone is 1. The van der Waals surface area contributed by atoms with Gasteiger partial charge in [0.05, 0.1) is 12.7 Å². The fourth-order valence-corrected chi connectivity index (χ4v) is 3.78. The van der Waals surface area contributed by atoms with E-state index in [1.54, 1.807) is 6.08 Å². The number of carbonyl (C=O) groups excluding carboxylic acids is 1. The molecule has 0 saturated carbocycles. The maximum Gasteiger partial charge on any atom is 0.246 e. The third-order valence-electron chi connectivity index (χ3n) is 5.30. The minimum atomic E-state index is -0.0530. The van der Waals surface area contributed by atoms with Crippen LogP contribution in [0.1, 0.15) is 36.6 Å². The summed E-state index contributed by atoms with van der Waals surface area (Å²) in [4.78, 5) is 16.6. The average molecular weight is 427 g/mol. The molecule has 0 N–H and O–H groups in total. The number of hydrogen-bond donors (Lipinski definition) is 0. The molecule has 5 heteroatoms. The van der Waals surface area contributed by atoms with Gasteiger partial charge in [0.2, 0.25) is 5.91 Å². The van der Waals surface area contributed by atoms with E-state index in [4.69, 9.17) is 16.3 Å². The van der Waals surface area contributed by atoms with Crippen molar-refractivity contribution in [2.45, 2.75) is 33.5 Å². The fraction of sp³-hybridized carbons (Fsp3) is 0.400. The molecule has 1 amide bonds. The van der Waals surface area contributed by atoms with E-state index >= 15 is 0 Å². The minimum Gasteiger partial charge on any atom is -0.368 e. The normalized spacial score (nSPS) is 15.7. The fourth-order valence-electron chi connectivity index (χ4n) is 3.65. The van der Waals surface area contributed by atoms with Gasteiger partial charge in [-0.05, 0) is 44.0 Å². The standard InChI is InChI=1S/C25H31ClN2O2/c1-19(2)15-25(29)28-13-11-27(12-14-28)17-24(22-7-9-23(26)10-8-22)30-18-21-6-4-5-20(3)16-21/h4-10,15-16,24H,11-14,17-18H2,1-3H3/t24-/m1/s1. The summed E-state index contributed by atoms with van der Waals surface area (Å²) < 4.78 is 6.36. The smallest absolute Gasteiger partial charge is 0.246 e. The summed E-state index contributed by atoms with van der Waals surface area (Å²) in [5.41, 5.74) is 4.56. The molecular formula is C25H31ClN2O2. The lowest BCUT2D eigenvalue weighted by Gasteiger charge is -2.36. The average Bonchev–Trinajstić information content (AvgIpc) is 2.72. The zero-order valence-electron chi connectivity index (χ0n) is 18.1. The van der Waals surface area contributed by atoms with Crippen LogP contribution in [0.25, 0.3) is 0 Å². The summed E-state index contributed by atoms with van der Waals surface area (Å²) in [5.74, 6) is 0.111. The predicted octanol–water partition coefficient (Wildman–Crippen LogP) is 5.02. The van der Waals surface area contributed by atoms with Crippen molar-refractivity contribution in [1.29, 1.82) is 0 Å². The molecule has 0 spiro atoms. The van der Waals surface area contributed by atoms with Crippen LogP contribution in [-0.2, 0) is 16.1 Å². The lowest BCUT2D eigenvalue weighted by molar-refractivity contribution is -0.128. The first kappa shape index (κ1) is 22.5. The third kappa shape index (κ3) is 6.69. The molecule has 0 unspecified atom stereocenters. The number of halogens is 1. The molecule has 4 nitrogen and oxygen atoms in total. The van der Waals surface area contributed by atoms with Crippen LogP contribution in [0.4, 0.5) is 0 Å². The number of hydrogen-bond acceptors (Lipinski definition) is 3. The first-order valence-electron chi connectivity index (χ1n) is 10.5. The number of ether oxygens (including phenoxy) is 1. The summed E-state index contributed by atoms with van der Waals surface area (Å²) in [6.07, 6.45) is 1.67. The zero-order valence-corrected chi connectivity index (χ0v) is 18.9. The second-order valence-corrected chi connectivity index (χ2v) is 8.62. The highest BCUT2D eigenvalue weighted by atomic mass is 35.5. The van der Waals surface area contributed by atoms with E-state index in [0.29, 0.717) is 6.61 Å². The molecule has 0 aromatic heterocycles. The summed E-state index contributed by atoms with van der Waals surface area (Å²) in [5, 5.41) is 0.725. The van der Waals surface area contributed by atoms with E-state index in [9.17, 15) is 4.79 Å². The molecule has 1 saturated heterocycles. The van der Waals surface area contributed by atoms with Gasteiger partial charge in [-0.15, -0.1) is 0 Å². The number of benzene rings is 2. The Kier molecular flexibility index (Phi) is 8.08. The van der Waals surface area contributed by atoms with Crippen molar-refractivity contribution in [2.75, 3.05) is 32.7 Å². The number of carbonyl (C=O) groups is 1. The second-order valence-electron chi connectivity index (χ2n) is 8.19. The van der Waals surface area contributed by atoms with Gasteiger partial charge < -0.3 is 9.64 Å². The summed E-state index contributed by atoms with van der Waals surface area (Å²) in [6.45, 7) is 10.5. The molecule has 1 fully saturated rings. The van der Waals surface area contributed by atoms with Gasteiger partial charge in [0.15, 0.2) is 0 Å². The Balaban J connectivity index is 1.63. The molecular weight excluding hydrogens is 396 g/mol. The van der Waals surface area contributed by atoms with Crippen molar-refractivity contribution >= 4 is 17.5 Å². The van der Waals surface area contributed by atoms with Crippen molar-refractivity contribution in [3.63, 3.8) is 0 Å². The quantitative estimate of drug-likeness (QED) is 0.583. The molecule has 1 aliphatic heterocycles. The molecule has 0 radical (unpaired) electrons. The van der Waals surface area contributed by atoms with Gasteiger partial charge in [-0.2, -0.15) is 0 Å². The van der Waals surface area contributed by atoms with Crippen LogP contribution in [0.3, 0.4) is 0 Å². The molecule has 3 rings (SSSR count). The zero-order chi connectivity index (χ0) is 21.5. The number of rotatable bonds is 7. The van der Waals surface area contributed by atoms with Gasteiger partial charge in [0.1, 0.15) is 0 Å². The lowest BCUT2D eigenvalue weighted by atomic mass is 10.1.